The molecule has 2 aromatic rings. The monoisotopic (exact) mass is 313 g/mol. The zero-order chi connectivity index (χ0) is 16.5. The van der Waals surface area contributed by atoms with Crippen LogP contribution in [0.5, 0.6) is 0 Å². The molecular weight excluding hydrogens is 290 g/mol. The highest BCUT2D eigenvalue weighted by Crippen LogP contribution is 2.06. The summed E-state index contributed by atoms with van der Waals surface area (Å²) < 4.78 is 0. The van der Waals surface area contributed by atoms with E-state index in [1.165, 1.54) is 0 Å². The van der Waals surface area contributed by atoms with Crippen LogP contribution in [0.4, 0.5) is 5.69 Å². The van der Waals surface area contributed by atoms with Gasteiger partial charge in [-0.15, -0.1) is 0 Å². The number of carbonyl (C=O) groups is 1. The molecule has 0 fully saturated rings. The minimum Gasteiger partial charge on any atom is -0.384 e. The molecule has 0 saturated heterocycles. The fourth-order valence-electron chi connectivity index (χ4n) is 2.04. The Labute approximate surface area is 137 Å². The van der Waals surface area contributed by atoms with Gasteiger partial charge in [-0.2, -0.15) is 0 Å². The van der Waals surface area contributed by atoms with Crippen molar-refractivity contribution in [1.82, 2.24) is 20.2 Å². The van der Waals surface area contributed by atoms with Crippen molar-refractivity contribution in [1.29, 1.82) is 0 Å². The van der Waals surface area contributed by atoms with Crippen molar-refractivity contribution in [2.45, 2.75) is 13.0 Å². The number of hydrogen-bond acceptors (Lipinski definition) is 5. The van der Waals surface area contributed by atoms with Crippen LogP contribution in [-0.4, -0.2) is 48.0 Å². The van der Waals surface area contributed by atoms with Crippen LogP contribution in [0.15, 0.2) is 42.9 Å². The zero-order valence-electron chi connectivity index (χ0n) is 13.6. The first-order chi connectivity index (χ1) is 11.1. The lowest BCUT2D eigenvalue weighted by atomic mass is 10.2. The molecule has 0 aliphatic carbocycles. The fraction of sp³-hybridized carbons (Fsp3) is 0.353. The fourth-order valence-corrected chi connectivity index (χ4v) is 2.04. The molecule has 0 saturated carbocycles. The lowest BCUT2D eigenvalue weighted by Gasteiger charge is -2.10. The van der Waals surface area contributed by atoms with Crippen LogP contribution in [0.3, 0.4) is 0 Å². The summed E-state index contributed by atoms with van der Waals surface area (Å²) in [5.74, 6) is -0.187. The van der Waals surface area contributed by atoms with Gasteiger partial charge in [-0.3, -0.25) is 9.78 Å². The summed E-state index contributed by atoms with van der Waals surface area (Å²) in [6.07, 6.45) is 6.18. The van der Waals surface area contributed by atoms with Gasteiger partial charge >= 0.3 is 0 Å². The van der Waals surface area contributed by atoms with Crippen LogP contribution in [0.25, 0.3) is 0 Å². The Morgan fingerprint density at radius 3 is 2.74 bits per heavy atom. The summed E-state index contributed by atoms with van der Waals surface area (Å²) in [6.45, 7) is 2.36. The van der Waals surface area contributed by atoms with E-state index in [0.717, 1.165) is 30.8 Å². The molecule has 2 rings (SSSR count). The van der Waals surface area contributed by atoms with E-state index in [-0.39, 0.29) is 5.91 Å². The minimum absolute atomic E-state index is 0.187. The molecule has 6 heteroatoms. The predicted molar refractivity (Wildman–Crippen MR) is 91.3 cm³/mol. The molecule has 0 radical (unpaired) electrons. The Balaban J connectivity index is 1.78. The number of nitrogens with one attached hydrogen (secondary N) is 2. The van der Waals surface area contributed by atoms with Crippen LogP contribution in [0, 0.1) is 0 Å². The van der Waals surface area contributed by atoms with Crippen molar-refractivity contribution in [3.05, 3.63) is 54.1 Å². The molecule has 0 atom stereocenters. The standard InChI is InChI=1S/C17H23N5O/c1-22(2)10-4-9-19-15-6-7-16(20-13-15)17(23)21-12-14-5-3-8-18-11-14/h3,5-8,11,13,19H,4,9-10,12H2,1-2H3,(H,21,23). The first kappa shape index (κ1) is 16.9. The largest absolute Gasteiger partial charge is 0.384 e. The summed E-state index contributed by atoms with van der Waals surface area (Å²) in [5.41, 5.74) is 2.29. The highest BCUT2D eigenvalue weighted by atomic mass is 16.1. The highest BCUT2D eigenvalue weighted by Gasteiger charge is 2.06. The molecule has 0 spiro atoms. The van der Waals surface area contributed by atoms with Crippen molar-refractivity contribution in [3.63, 3.8) is 0 Å². The van der Waals surface area contributed by atoms with Gasteiger partial charge in [0.25, 0.3) is 5.91 Å². The quantitative estimate of drug-likeness (QED) is 0.727. The Morgan fingerprint density at radius 1 is 1.22 bits per heavy atom. The summed E-state index contributed by atoms with van der Waals surface area (Å²) in [7, 11) is 4.11. The second kappa shape index (κ2) is 8.85. The van der Waals surface area contributed by atoms with Crippen LogP contribution in [0.2, 0.25) is 0 Å². The summed E-state index contributed by atoms with van der Waals surface area (Å²) in [4.78, 5) is 22.4. The van der Waals surface area contributed by atoms with E-state index in [0.29, 0.717) is 12.2 Å². The van der Waals surface area contributed by atoms with E-state index in [1.54, 1.807) is 24.7 Å². The van der Waals surface area contributed by atoms with Gasteiger partial charge in [0.05, 0.1) is 11.9 Å². The predicted octanol–water partition coefficient (Wildman–Crippen LogP) is 1.77. The smallest absolute Gasteiger partial charge is 0.270 e. The average molecular weight is 313 g/mol. The number of nitrogens with zero attached hydrogens (tertiary/aromatic N) is 3. The molecule has 23 heavy (non-hydrogen) atoms. The third kappa shape index (κ3) is 6.04. The van der Waals surface area contributed by atoms with Crippen LogP contribution >= 0.6 is 0 Å². The van der Waals surface area contributed by atoms with Gasteiger partial charge in [-0.25, -0.2) is 4.98 Å². The second-order valence-corrected chi connectivity index (χ2v) is 5.56. The molecule has 1 amide bonds. The van der Waals surface area contributed by atoms with Gasteiger partial charge in [0.1, 0.15) is 5.69 Å². The number of amides is 1. The molecule has 2 aromatic heterocycles. The molecule has 2 heterocycles. The second-order valence-electron chi connectivity index (χ2n) is 5.56. The lowest BCUT2D eigenvalue weighted by molar-refractivity contribution is 0.0946. The van der Waals surface area contributed by atoms with E-state index >= 15 is 0 Å². The average Bonchev–Trinajstić information content (AvgIpc) is 2.58. The highest BCUT2D eigenvalue weighted by molar-refractivity contribution is 5.92. The topological polar surface area (TPSA) is 70.2 Å². The van der Waals surface area contributed by atoms with Crippen molar-refractivity contribution in [2.75, 3.05) is 32.5 Å². The maximum Gasteiger partial charge on any atom is 0.270 e. The Kier molecular flexibility index (Phi) is 6.50. The summed E-state index contributed by atoms with van der Waals surface area (Å²) >= 11 is 0. The molecule has 0 aromatic carbocycles. The first-order valence-electron chi connectivity index (χ1n) is 7.67. The molecule has 0 unspecified atom stereocenters. The number of pyridine rings is 2. The van der Waals surface area contributed by atoms with Crippen molar-refractivity contribution < 1.29 is 4.79 Å². The van der Waals surface area contributed by atoms with Crippen molar-refractivity contribution in [3.8, 4) is 0 Å². The Morgan fingerprint density at radius 2 is 2.09 bits per heavy atom. The summed E-state index contributed by atoms with van der Waals surface area (Å²) in [6, 6.07) is 7.37. The number of hydrogen-bond donors (Lipinski definition) is 2. The molecule has 2 N–H and O–H groups in total. The number of aromatic nitrogens is 2. The van der Waals surface area contributed by atoms with Crippen LogP contribution < -0.4 is 10.6 Å². The van der Waals surface area contributed by atoms with Gasteiger partial charge in [-0.05, 0) is 50.8 Å². The third-order valence-corrected chi connectivity index (χ3v) is 3.28. The molecule has 0 bridgehead atoms. The van der Waals surface area contributed by atoms with Gasteiger partial charge in [0.15, 0.2) is 0 Å². The molecule has 0 aliphatic rings. The number of rotatable bonds is 8. The van der Waals surface area contributed by atoms with E-state index in [2.05, 4.69) is 39.6 Å². The molecular formula is C17H23N5O. The lowest BCUT2D eigenvalue weighted by Crippen LogP contribution is -2.23. The zero-order valence-corrected chi connectivity index (χ0v) is 13.6. The van der Waals surface area contributed by atoms with Crippen LogP contribution in [0.1, 0.15) is 22.5 Å². The number of anilines is 1. The Hall–Kier alpha value is -2.47. The van der Waals surface area contributed by atoms with Crippen molar-refractivity contribution >= 4 is 11.6 Å². The number of carbonyl (C=O) groups excluding carboxylic acids is 1. The maximum atomic E-state index is 12.0. The molecule has 0 aliphatic heterocycles. The Bertz CT molecular complexity index is 598. The first-order valence-corrected chi connectivity index (χ1v) is 7.67. The van der Waals surface area contributed by atoms with E-state index in [1.807, 2.05) is 18.2 Å². The molecule has 122 valence electrons. The minimum atomic E-state index is -0.187. The van der Waals surface area contributed by atoms with Gasteiger partial charge < -0.3 is 15.5 Å². The van der Waals surface area contributed by atoms with Gasteiger partial charge in [0, 0.05) is 25.5 Å². The van der Waals surface area contributed by atoms with E-state index in [9.17, 15) is 4.79 Å². The summed E-state index contributed by atoms with van der Waals surface area (Å²) in [5, 5.41) is 6.13. The third-order valence-electron chi connectivity index (χ3n) is 3.28. The normalized spacial score (nSPS) is 10.6. The van der Waals surface area contributed by atoms with E-state index < -0.39 is 0 Å². The SMILES string of the molecule is CN(C)CCCNc1ccc(C(=O)NCc2cccnc2)nc1. The van der Waals surface area contributed by atoms with Gasteiger partial charge in [-0.1, -0.05) is 6.07 Å². The van der Waals surface area contributed by atoms with Crippen LogP contribution in [-0.2, 0) is 6.54 Å². The van der Waals surface area contributed by atoms with Gasteiger partial charge in [0.2, 0.25) is 0 Å². The van der Waals surface area contributed by atoms with E-state index in [4.69, 9.17) is 0 Å². The van der Waals surface area contributed by atoms with Crippen molar-refractivity contribution in [2.24, 2.45) is 0 Å². The maximum absolute atomic E-state index is 12.0. The molecule has 6 nitrogen and oxygen atoms in total.